The first-order valence-electron chi connectivity index (χ1n) is 10.5. The third kappa shape index (κ3) is 3.87. The van der Waals surface area contributed by atoms with Gasteiger partial charge in [0.25, 0.3) is 0 Å². The first-order chi connectivity index (χ1) is 15.6. The number of nitrogens with one attached hydrogen (secondary N) is 1. The third-order valence-corrected chi connectivity index (χ3v) is 6.70. The molecule has 2 atom stereocenters. The van der Waals surface area contributed by atoms with Crippen molar-refractivity contribution in [2.24, 2.45) is 11.8 Å². The molecule has 0 saturated carbocycles. The Labute approximate surface area is 189 Å². The predicted molar refractivity (Wildman–Crippen MR) is 124 cm³/mol. The molecule has 5 rings (SSSR count). The number of amides is 3. The number of carbonyl (C=O) groups is 3. The summed E-state index contributed by atoms with van der Waals surface area (Å²) in [5.74, 6) is -1.58. The third-order valence-electron chi connectivity index (χ3n) is 5.94. The number of likely N-dealkylation sites (tertiary alicyclic amines) is 1. The van der Waals surface area contributed by atoms with Gasteiger partial charge in [-0.15, -0.1) is 11.3 Å². The van der Waals surface area contributed by atoms with Crippen molar-refractivity contribution >= 4 is 34.2 Å². The molecule has 2 aromatic carbocycles. The van der Waals surface area contributed by atoms with E-state index in [1.165, 1.54) is 11.3 Å². The molecule has 0 radical (unpaired) electrons. The molecular weight excluding hydrogens is 422 g/mol. The van der Waals surface area contributed by atoms with E-state index in [4.69, 9.17) is 0 Å². The standard InChI is InChI=1S/C25H21N3O3S/c29-22(14-28-23(30)19-8-4-5-9-20(19)24(28)31)27-25-26-21(15-32-25)18-12-10-17(11-13-18)16-6-2-1-3-7-16/h1-7,10-13,15,19-20H,8-9,14H2,(H,26,27,29). The number of hydrogen-bond acceptors (Lipinski definition) is 5. The highest BCUT2D eigenvalue weighted by Gasteiger charge is 2.47. The number of benzene rings is 2. The number of aromatic nitrogens is 1. The largest absolute Gasteiger partial charge is 0.300 e. The summed E-state index contributed by atoms with van der Waals surface area (Å²) in [5.41, 5.74) is 3.97. The highest BCUT2D eigenvalue weighted by atomic mass is 32.1. The molecule has 2 heterocycles. The number of hydrogen-bond donors (Lipinski definition) is 1. The predicted octanol–water partition coefficient (Wildman–Crippen LogP) is 4.37. The SMILES string of the molecule is O=C(CN1C(=O)C2CC=CCC2C1=O)Nc1nc(-c2ccc(-c3ccccc3)cc2)cs1. The van der Waals surface area contributed by atoms with Gasteiger partial charge >= 0.3 is 0 Å². The van der Waals surface area contributed by atoms with Crippen LogP contribution in [0.3, 0.4) is 0 Å². The van der Waals surface area contributed by atoms with Gasteiger partial charge in [-0.2, -0.15) is 0 Å². The lowest BCUT2D eigenvalue weighted by Crippen LogP contribution is -2.38. The van der Waals surface area contributed by atoms with Gasteiger partial charge in [0, 0.05) is 10.9 Å². The first kappa shape index (κ1) is 20.3. The summed E-state index contributed by atoms with van der Waals surface area (Å²) in [5, 5.41) is 5.04. The molecule has 32 heavy (non-hydrogen) atoms. The van der Waals surface area contributed by atoms with Gasteiger partial charge in [-0.1, -0.05) is 66.7 Å². The molecule has 1 saturated heterocycles. The van der Waals surface area contributed by atoms with E-state index in [-0.39, 0.29) is 30.2 Å². The van der Waals surface area contributed by atoms with Crippen LogP contribution >= 0.6 is 11.3 Å². The minimum absolute atomic E-state index is 0.252. The molecule has 0 bridgehead atoms. The molecule has 2 unspecified atom stereocenters. The van der Waals surface area contributed by atoms with Crippen LogP contribution in [-0.2, 0) is 14.4 Å². The van der Waals surface area contributed by atoms with E-state index in [0.717, 1.165) is 27.3 Å². The Morgan fingerprint density at radius 3 is 2.16 bits per heavy atom. The van der Waals surface area contributed by atoms with Crippen molar-refractivity contribution in [2.75, 3.05) is 11.9 Å². The number of allylic oxidation sites excluding steroid dienone is 2. The maximum Gasteiger partial charge on any atom is 0.246 e. The Bertz CT molecular complexity index is 1170. The zero-order valence-corrected chi connectivity index (χ0v) is 18.0. The van der Waals surface area contributed by atoms with E-state index in [1.807, 2.05) is 60.0 Å². The summed E-state index contributed by atoms with van der Waals surface area (Å²) in [7, 11) is 0. The fourth-order valence-corrected chi connectivity index (χ4v) is 4.99. The molecule has 1 aromatic heterocycles. The molecule has 6 nitrogen and oxygen atoms in total. The van der Waals surface area contributed by atoms with Crippen LogP contribution in [0.15, 0.2) is 72.1 Å². The maximum atomic E-state index is 12.5. The van der Waals surface area contributed by atoms with Crippen LogP contribution in [0.2, 0.25) is 0 Å². The van der Waals surface area contributed by atoms with Crippen molar-refractivity contribution in [3.05, 3.63) is 72.1 Å². The van der Waals surface area contributed by atoms with Gasteiger partial charge in [0.2, 0.25) is 17.7 Å². The van der Waals surface area contributed by atoms with Gasteiger partial charge in [0.1, 0.15) is 6.54 Å². The Hall–Kier alpha value is -3.58. The van der Waals surface area contributed by atoms with Crippen molar-refractivity contribution in [2.45, 2.75) is 12.8 Å². The molecule has 1 aliphatic carbocycles. The summed E-state index contributed by atoms with van der Waals surface area (Å²) in [4.78, 5) is 43.2. The molecule has 1 fully saturated rings. The summed E-state index contributed by atoms with van der Waals surface area (Å²) in [6, 6.07) is 18.2. The minimum atomic E-state index is -0.418. The second-order valence-corrected chi connectivity index (χ2v) is 8.81. The van der Waals surface area contributed by atoms with Crippen LogP contribution in [0.25, 0.3) is 22.4 Å². The van der Waals surface area contributed by atoms with E-state index in [9.17, 15) is 14.4 Å². The molecular formula is C25H21N3O3S. The second-order valence-electron chi connectivity index (χ2n) is 7.95. The van der Waals surface area contributed by atoms with Crippen LogP contribution in [0.5, 0.6) is 0 Å². The van der Waals surface area contributed by atoms with Gasteiger partial charge < -0.3 is 5.32 Å². The zero-order chi connectivity index (χ0) is 22.1. The van der Waals surface area contributed by atoms with E-state index >= 15 is 0 Å². The van der Waals surface area contributed by atoms with Gasteiger partial charge in [-0.3, -0.25) is 19.3 Å². The minimum Gasteiger partial charge on any atom is -0.300 e. The summed E-state index contributed by atoms with van der Waals surface area (Å²) in [6.07, 6.45) is 4.98. The number of thiazole rings is 1. The summed E-state index contributed by atoms with van der Waals surface area (Å²) in [6.45, 7) is -0.272. The molecule has 0 spiro atoms. The lowest BCUT2D eigenvalue weighted by molar-refractivity contribution is -0.142. The number of nitrogens with zero attached hydrogens (tertiary/aromatic N) is 2. The fraction of sp³-hybridized carbons (Fsp3) is 0.200. The van der Waals surface area contributed by atoms with Gasteiger partial charge in [0.15, 0.2) is 5.13 Å². The molecule has 3 aromatic rings. The molecule has 7 heteroatoms. The van der Waals surface area contributed by atoms with E-state index < -0.39 is 5.91 Å². The number of anilines is 1. The van der Waals surface area contributed by atoms with Gasteiger partial charge in [-0.25, -0.2) is 4.98 Å². The van der Waals surface area contributed by atoms with Crippen LogP contribution < -0.4 is 5.32 Å². The second kappa shape index (κ2) is 8.51. The van der Waals surface area contributed by atoms with E-state index in [0.29, 0.717) is 18.0 Å². The average molecular weight is 444 g/mol. The highest BCUT2D eigenvalue weighted by Crippen LogP contribution is 2.35. The number of fused-ring (bicyclic) bond motifs is 1. The monoisotopic (exact) mass is 443 g/mol. The highest BCUT2D eigenvalue weighted by molar-refractivity contribution is 7.14. The molecule has 1 aliphatic heterocycles. The average Bonchev–Trinajstić information content (AvgIpc) is 3.39. The zero-order valence-electron chi connectivity index (χ0n) is 17.2. The van der Waals surface area contributed by atoms with Crippen LogP contribution in [-0.4, -0.2) is 34.2 Å². The van der Waals surface area contributed by atoms with Crippen molar-refractivity contribution in [1.82, 2.24) is 9.88 Å². The quantitative estimate of drug-likeness (QED) is 0.469. The topological polar surface area (TPSA) is 79.4 Å². The lowest BCUT2D eigenvalue weighted by Gasteiger charge is -2.14. The van der Waals surface area contributed by atoms with Crippen molar-refractivity contribution < 1.29 is 14.4 Å². The number of rotatable bonds is 5. The Balaban J connectivity index is 1.23. The molecule has 2 aliphatic rings. The van der Waals surface area contributed by atoms with Crippen LogP contribution in [0.4, 0.5) is 5.13 Å². The van der Waals surface area contributed by atoms with Crippen molar-refractivity contribution in [1.29, 1.82) is 0 Å². The van der Waals surface area contributed by atoms with Crippen LogP contribution in [0, 0.1) is 11.8 Å². The van der Waals surface area contributed by atoms with Gasteiger partial charge in [0.05, 0.1) is 17.5 Å². The molecule has 160 valence electrons. The Kier molecular flexibility index (Phi) is 5.41. The van der Waals surface area contributed by atoms with E-state index in [1.54, 1.807) is 0 Å². The molecule has 1 N–H and O–H groups in total. The summed E-state index contributed by atoms with van der Waals surface area (Å²) < 4.78 is 0. The lowest BCUT2D eigenvalue weighted by atomic mass is 9.85. The summed E-state index contributed by atoms with van der Waals surface area (Å²) >= 11 is 1.31. The fourth-order valence-electron chi connectivity index (χ4n) is 4.26. The van der Waals surface area contributed by atoms with Crippen LogP contribution in [0.1, 0.15) is 12.8 Å². The van der Waals surface area contributed by atoms with E-state index in [2.05, 4.69) is 22.4 Å². The Morgan fingerprint density at radius 1 is 0.906 bits per heavy atom. The first-order valence-corrected chi connectivity index (χ1v) is 11.4. The maximum absolute atomic E-state index is 12.5. The van der Waals surface area contributed by atoms with Crippen molar-refractivity contribution in [3.8, 4) is 22.4 Å². The Morgan fingerprint density at radius 2 is 1.50 bits per heavy atom. The molecule has 3 amide bonds. The number of carbonyl (C=O) groups excluding carboxylic acids is 3. The normalized spacial score (nSPS) is 19.8. The number of imide groups is 1. The smallest absolute Gasteiger partial charge is 0.246 e. The van der Waals surface area contributed by atoms with Gasteiger partial charge in [-0.05, 0) is 24.0 Å². The van der Waals surface area contributed by atoms with Crippen molar-refractivity contribution in [3.63, 3.8) is 0 Å².